The second-order valence-electron chi connectivity index (χ2n) is 6.81. The van der Waals surface area contributed by atoms with Gasteiger partial charge in [0.1, 0.15) is 0 Å². The van der Waals surface area contributed by atoms with E-state index < -0.39 is 0 Å². The van der Waals surface area contributed by atoms with Gasteiger partial charge in [-0.15, -0.1) is 11.8 Å². The number of nitrogens with zero attached hydrogens (tertiary/aromatic N) is 1. The highest BCUT2D eigenvalue weighted by molar-refractivity contribution is 8.00. The van der Waals surface area contributed by atoms with Crippen molar-refractivity contribution in [3.8, 4) is 11.8 Å². The predicted molar refractivity (Wildman–Crippen MR) is 114 cm³/mol. The van der Waals surface area contributed by atoms with E-state index in [9.17, 15) is 4.79 Å². The van der Waals surface area contributed by atoms with Gasteiger partial charge in [-0.1, -0.05) is 42.2 Å². The van der Waals surface area contributed by atoms with E-state index in [1.165, 1.54) is 30.2 Å². The molecule has 0 unspecified atom stereocenters. The summed E-state index contributed by atoms with van der Waals surface area (Å²) in [5, 5.41) is 3.50. The second kappa shape index (κ2) is 10.2. The number of rotatable bonds is 5. The van der Waals surface area contributed by atoms with E-state index in [1.54, 1.807) is 0 Å². The van der Waals surface area contributed by atoms with Crippen molar-refractivity contribution in [1.82, 2.24) is 4.90 Å². The van der Waals surface area contributed by atoms with Gasteiger partial charge in [-0.05, 0) is 42.7 Å². The summed E-state index contributed by atoms with van der Waals surface area (Å²) in [5.41, 5.74) is 2.00. The fourth-order valence-electron chi connectivity index (χ4n) is 3.12. The summed E-state index contributed by atoms with van der Waals surface area (Å²) in [4.78, 5) is 14.9. The Balaban J connectivity index is 1.37. The summed E-state index contributed by atoms with van der Waals surface area (Å²) >= 11 is 2.01. The van der Waals surface area contributed by atoms with Gasteiger partial charge in [-0.3, -0.25) is 9.69 Å². The van der Waals surface area contributed by atoms with Gasteiger partial charge < -0.3 is 5.32 Å². The lowest BCUT2D eigenvalue weighted by molar-refractivity contribution is -0.114. The van der Waals surface area contributed by atoms with Crippen LogP contribution in [0.15, 0.2) is 59.5 Å². The number of carbonyl (C=O) groups is 1. The molecule has 1 heterocycles. The fourth-order valence-corrected chi connectivity index (χ4v) is 4.26. The molecule has 1 aliphatic heterocycles. The van der Waals surface area contributed by atoms with Gasteiger partial charge in [0.2, 0.25) is 5.91 Å². The van der Waals surface area contributed by atoms with E-state index in [2.05, 4.69) is 52.4 Å². The van der Waals surface area contributed by atoms with E-state index in [0.29, 0.717) is 0 Å². The van der Waals surface area contributed by atoms with E-state index in [4.69, 9.17) is 0 Å². The topological polar surface area (TPSA) is 32.3 Å². The number of benzene rings is 2. The van der Waals surface area contributed by atoms with Gasteiger partial charge in [-0.25, -0.2) is 0 Å². The largest absolute Gasteiger partial charge is 0.326 e. The van der Waals surface area contributed by atoms with Crippen molar-refractivity contribution in [1.29, 1.82) is 0 Å². The molecule has 27 heavy (non-hydrogen) atoms. The minimum Gasteiger partial charge on any atom is -0.326 e. The van der Waals surface area contributed by atoms with E-state index in [0.717, 1.165) is 37.0 Å². The minimum atomic E-state index is -0.0477. The Hall–Kier alpha value is -2.22. The summed E-state index contributed by atoms with van der Waals surface area (Å²) in [6, 6.07) is 18.6. The number of hydrogen-bond donors (Lipinski definition) is 1. The maximum atomic E-state index is 11.0. The molecule has 1 saturated heterocycles. The standard InChI is InChI=1S/C23H26N2OS/c1-19(26)24-21-12-10-20(11-13-21)7-5-6-16-25-17-14-23(15-18-25)27-22-8-3-2-4-9-22/h2-4,8-13,23H,7,14-18H2,1H3,(H,24,26). The summed E-state index contributed by atoms with van der Waals surface area (Å²) < 4.78 is 0. The van der Waals surface area contributed by atoms with Crippen LogP contribution < -0.4 is 5.32 Å². The lowest BCUT2D eigenvalue weighted by atomic mass is 10.1. The summed E-state index contributed by atoms with van der Waals surface area (Å²) in [6.45, 7) is 4.63. The molecule has 1 fully saturated rings. The molecule has 1 aliphatic rings. The molecule has 3 rings (SSSR count). The molecule has 140 valence electrons. The highest BCUT2D eigenvalue weighted by Gasteiger charge is 2.19. The third kappa shape index (κ3) is 6.78. The number of carbonyl (C=O) groups excluding carboxylic acids is 1. The van der Waals surface area contributed by atoms with Gasteiger partial charge in [0.15, 0.2) is 0 Å². The zero-order valence-electron chi connectivity index (χ0n) is 15.8. The van der Waals surface area contributed by atoms with Crippen LogP contribution in [0.3, 0.4) is 0 Å². The first-order chi connectivity index (χ1) is 13.2. The Bertz CT molecular complexity index is 785. The van der Waals surface area contributed by atoms with Crippen molar-refractivity contribution in [2.24, 2.45) is 0 Å². The van der Waals surface area contributed by atoms with Crippen LogP contribution >= 0.6 is 11.8 Å². The van der Waals surface area contributed by atoms with Gasteiger partial charge >= 0.3 is 0 Å². The Morgan fingerprint density at radius 2 is 1.78 bits per heavy atom. The summed E-state index contributed by atoms with van der Waals surface area (Å²) in [6.07, 6.45) is 3.21. The number of likely N-dealkylation sites (tertiary alicyclic amines) is 1. The molecule has 0 atom stereocenters. The molecule has 0 aliphatic carbocycles. The van der Waals surface area contributed by atoms with Crippen molar-refractivity contribution in [3.05, 3.63) is 60.2 Å². The number of amides is 1. The van der Waals surface area contributed by atoms with Crippen LogP contribution in [0.5, 0.6) is 0 Å². The lowest BCUT2D eigenvalue weighted by Crippen LogP contribution is -2.35. The Morgan fingerprint density at radius 1 is 1.07 bits per heavy atom. The predicted octanol–water partition coefficient (Wildman–Crippen LogP) is 4.45. The second-order valence-corrected chi connectivity index (χ2v) is 8.19. The van der Waals surface area contributed by atoms with Crippen molar-refractivity contribution < 1.29 is 4.79 Å². The summed E-state index contributed by atoms with van der Waals surface area (Å²) in [5.74, 6) is 6.54. The normalized spacial score (nSPS) is 15.0. The molecule has 1 amide bonds. The highest BCUT2D eigenvalue weighted by Crippen LogP contribution is 2.29. The quantitative estimate of drug-likeness (QED) is 0.780. The molecule has 4 heteroatoms. The van der Waals surface area contributed by atoms with Gasteiger partial charge in [-0.2, -0.15) is 0 Å². The summed E-state index contributed by atoms with van der Waals surface area (Å²) in [7, 11) is 0. The van der Waals surface area contributed by atoms with Crippen LogP contribution in [-0.4, -0.2) is 35.7 Å². The van der Waals surface area contributed by atoms with Gasteiger partial charge in [0, 0.05) is 42.3 Å². The number of thioether (sulfide) groups is 1. The number of nitrogens with one attached hydrogen (secondary N) is 1. The first kappa shape index (κ1) is 19.5. The minimum absolute atomic E-state index is 0.0477. The average Bonchev–Trinajstić information content (AvgIpc) is 2.68. The smallest absolute Gasteiger partial charge is 0.221 e. The molecular weight excluding hydrogens is 352 g/mol. The molecule has 0 saturated carbocycles. The first-order valence-corrected chi connectivity index (χ1v) is 10.3. The van der Waals surface area contributed by atoms with Crippen LogP contribution in [0, 0.1) is 11.8 Å². The molecule has 2 aromatic rings. The van der Waals surface area contributed by atoms with Crippen molar-refractivity contribution in [3.63, 3.8) is 0 Å². The fraction of sp³-hybridized carbons (Fsp3) is 0.348. The number of hydrogen-bond acceptors (Lipinski definition) is 3. The van der Waals surface area contributed by atoms with Crippen LogP contribution in [0.1, 0.15) is 25.3 Å². The van der Waals surface area contributed by atoms with Crippen molar-refractivity contribution in [2.75, 3.05) is 25.0 Å². The van der Waals surface area contributed by atoms with E-state index in [1.807, 2.05) is 36.0 Å². The van der Waals surface area contributed by atoms with Crippen LogP contribution in [0.25, 0.3) is 0 Å². The molecule has 3 nitrogen and oxygen atoms in total. The molecule has 2 aromatic carbocycles. The van der Waals surface area contributed by atoms with Gasteiger partial charge in [0.25, 0.3) is 0 Å². The Morgan fingerprint density at radius 3 is 2.44 bits per heavy atom. The number of piperidine rings is 1. The molecule has 0 aromatic heterocycles. The zero-order valence-corrected chi connectivity index (χ0v) is 16.6. The van der Waals surface area contributed by atoms with Crippen molar-refractivity contribution >= 4 is 23.4 Å². The maximum Gasteiger partial charge on any atom is 0.221 e. The van der Waals surface area contributed by atoms with Crippen LogP contribution in [0.2, 0.25) is 0 Å². The molecule has 0 spiro atoms. The third-order valence-corrected chi connectivity index (χ3v) is 5.92. The lowest BCUT2D eigenvalue weighted by Gasteiger charge is -2.30. The highest BCUT2D eigenvalue weighted by atomic mass is 32.2. The molecule has 0 radical (unpaired) electrons. The first-order valence-electron chi connectivity index (χ1n) is 9.45. The molecule has 1 N–H and O–H groups in total. The van der Waals surface area contributed by atoms with E-state index >= 15 is 0 Å². The number of anilines is 1. The third-order valence-electron chi connectivity index (χ3n) is 4.58. The molecule has 0 bridgehead atoms. The maximum absolute atomic E-state index is 11.0. The van der Waals surface area contributed by atoms with Crippen LogP contribution in [0.4, 0.5) is 5.69 Å². The zero-order chi connectivity index (χ0) is 18.9. The van der Waals surface area contributed by atoms with Crippen molar-refractivity contribution in [2.45, 2.75) is 36.3 Å². The monoisotopic (exact) mass is 378 g/mol. The SMILES string of the molecule is CC(=O)Nc1ccc(CC#CCN2CCC(Sc3ccccc3)CC2)cc1. The average molecular weight is 379 g/mol. The Labute approximate surface area is 166 Å². The molecular formula is C23H26N2OS. The van der Waals surface area contributed by atoms with Gasteiger partial charge in [0.05, 0.1) is 6.54 Å². The van der Waals surface area contributed by atoms with E-state index in [-0.39, 0.29) is 5.91 Å². The Kier molecular flexibility index (Phi) is 7.38. The van der Waals surface area contributed by atoms with Crippen LogP contribution in [-0.2, 0) is 11.2 Å².